The van der Waals surface area contributed by atoms with Gasteiger partial charge in [0.25, 0.3) is 0 Å². The maximum atomic E-state index is 10.4. The van der Waals surface area contributed by atoms with Crippen molar-refractivity contribution in [3.63, 3.8) is 0 Å². The Morgan fingerprint density at radius 2 is 2.11 bits per heavy atom. The van der Waals surface area contributed by atoms with Crippen LogP contribution < -0.4 is 0 Å². The zero-order valence-electron chi connectivity index (χ0n) is 5.11. The zero-order chi connectivity index (χ0) is 7.49. The van der Waals surface area contributed by atoms with Crippen LogP contribution in [0.3, 0.4) is 0 Å². The minimum absolute atomic E-state index is 0.0353. The van der Waals surface area contributed by atoms with E-state index in [1.54, 1.807) is 6.92 Å². The summed E-state index contributed by atoms with van der Waals surface area (Å²) in [5, 5.41) is 0. The Labute approximate surface area is 56.7 Å². The standard InChI is InChI=1S/C5H9AsO3/c1-3-5(4-2)6(7,8)9/h3-4H,1H2,2H3,(H2,7,8,9)/b5-4+. The first kappa shape index (κ1) is 8.76. The Balaban J connectivity index is 4.54. The fourth-order valence-electron chi connectivity index (χ4n) is 0.405. The van der Waals surface area contributed by atoms with Gasteiger partial charge in [-0.05, 0) is 0 Å². The van der Waals surface area contributed by atoms with E-state index in [1.165, 1.54) is 12.2 Å². The molecule has 0 heterocycles. The van der Waals surface area contributed by atoms with Crippen molar-refractivity contribution in [3.8, 4) is 0 Å². The maximum absolute atomic E-state index is 10.4. The summed E-state index contributed by atoms with van der Waals surface area (Å²) in [6, 6.07) is 0. The van der Waals surface area contributed by atoms with Crippen molar-refractivity contribution in [1.82, 2.24) is 0 Å². The first-order chi connectivity index (χ1) is 4.02. The molecule has 0 fully saturated rings. The molecule has 0 unspecified atom stereocenters. The molecule has 0 amide bonds. The summed E-state index contributed by atoms with van der Waals surface area (Å²) >= 11 is -4.60. The predicted molar refractivity (Wildman–Crippen MR) is 34.8 cm³/mol. The Morgan fingerprint density at radius 3 is 2.11 bits per heavy atom. The van der Waals surface area contributed by atoms with E-state index in [2.05, 4.69) is 6.58 Å². The molecule has 9 heavy (non-hydrogen) atoms. The van der Waals surface area contributed by atoms with E-state index in [0.29, 0.717) is 0 Å². The van der Waals surface area contributed by atoms with Crippen LogP contribution in [-0.4, -0.2) is 22.4 Å². The van der Waals surface area contributed by atoms with Gasteiger partial charge in [-0.15, -0.1) is 0 Å². The molecule has 0 rings (SSSR count). The molecule has 52 valence electrons. The summed E-state index contributed by atoms with van der Waals surface area (Å²) in [7, 11) is 0. The van der Waals surface area contributed by atoms with Crippen LogP contribution in [0.4, 0.5) is 0 Å². The van der Waals surface area contributed by atoms with Gasteiger partial charge in [0, 0.05) is 0 Å². The second-order valence-electron chi connectivity index (χ2n) is 1.46. The molecule has 0 aliphatic carbocycles. The van der Waals surface area contributed by atoms with Crippen molar-refractivity contribution in [2.75, 3.05) is 0 Å². The van der Waals surface area contributed by atoms with Crippen molar-refractivity contribution in [3.05, 3.63) is 23.1 Å². The number of hydrogen-bond acceptors (Lipinski definition) is 1. The summed E-state index contributed by atoms with van der Waals surface area (Å²) in [4.78, 5) is 0. The summed E-state index contributed by atoms with van der Waals surface area (Å²) in [5.41, 5.74) is 0. The molecular formula is C5H9AsO3. The molecule has 0 spiro atoms. The summed E-state index contributed by atoms with van der Waals surface area (Å²) in [6.07, 6.45) is 2.55. The van der Waals surface area contributed by atoms with Gasteiger partial charge in [0.15, 0.2) is 0 Å². The van der Waals surface area contributed by atoms with Crippen LogP contribution in [0, 0.1) is 0 Å². The third kappa shape index (κ3) is 2.70. The fraction of sp³-hybridized carbons (Fsp3) is 0.200. The monoisotopic (exact) mass is 192 g/mol. The molecule has 0 atom stereocenters. The van der Waals surface area contributed by atoms with Gasteiger partial charge in [-0.2, -0.15) is 0 Å². The summed E-state index contributed by atoms with van der Waals surface area (Å²) in [5.74, 6) is 0. The van der Waals surface area contributed by atoms with Crippen LogP contribution in [0.15, 0.2) is 23.1 Å². The number of hydrogen-bond donors (Lipinski definition) is 2. The Kier molecular flexibility index (Phi) is 2.98. The van der Waals surface area contributed by atoms with Gasteiger partial charge in [-0.1, -0.05) is 0 Å². The van der Waals surface area contributed by atoms with Gasteiger partial charge in [-0.25, -0.2) is 0 Å². The van der Waals surface area contributed by atoms with Crippen LogP contribution in [0.1, 0.15) is 6.92 Å². The van der Waals surface area contributed by atoms with Crippen LogP contribution in [0.25, 0.3) is 0 Å². The van der Waals surface area contributed by atoms with Crippen LogP contribution in [0.5, 0.6) is 0 Å². The van der Waals surface area contributed by atoms with E-state index < -0.39 is 14.2 Å². The average molecular weight is 192 g/mol. The summed E-state index contributed by atoms with van der Waals surface area (Å²) < 4.78 is 27.5. The SMILES string of the molecule is C=C/C(=C\C)[As](=O)(O)O. The average Bonchev–Trinajstić information content (AvgIpc) is 1.65. The Hall–Kier alpha value is -0.242. The quantitative estimate of drug-likeness (QED) is 0.478. The van der Waals surface area contributed by atoms with Crippen molar-refractivity contribution < 1.29 is 11.9 Å². The third-order valence-electron chi connectivity index (χ3n) is 0.841. The van der Waals surface area contributed by atoms with Crippen molar-refractivity contribution in [1.29, 1.82) is 0 Å². The van der Waals surface area contributed by atoms with E-state index in [-0.39, 0.29) is 4.36 Å². The van der Waals surface area contributed by atoms with Gasteiger partial charge in [0.2, 0.25) is 0 Å². The van der Waals surface area contributed by atoms with Crippen LogP contribution in [-0.2, 0) is 3.74 Å². The third-order valence-corrected chi connectivity index (χ3v) is 3.18. The molecular weight excluding hydrogens is 183 g/mol. The van der Waals surface area contributed by atoms with Gasteiger partial charge in [-0.3, -0.25) is 0 Å². The Bertz CT molecular complexity index is 177. The molecule has 4 heteroatoms. The molecule has 0 aliphatic heterocycles. The van der Waals surface area contributed by atoms with Crippen molar-refractivity contribution >= 4 is 14.2 Å². The molecule has 0 saturated heterocycles. The van der Waals surface area contributed by atoms with Gasteiger partial charge in [0.1, 0.15) is 0 Å². The number of allylic oxidation sites excluding steroid dienone is 3. The topological polar surface area (TPSA) is 57.5 Å². The summed E-state index contributed by atoms with van der Waals surface area (Å²) in [6.45, 7) is 4.82. The minimum atomic E-state index is -4.60. The molecule has 0 saturated carbocycles. The molecule has 0 radical (unpaired) electrons. The van der Waals surface area contributed by atoms with E-state index in [9.17, 15) is 3.74 Å². The van der Waals surface area contributed by atoms with Crippen molar-refractivity contribution in [2.24, 2.45) is 0 Å². The van der Waals surface area contributed by atoms with Gasteiger partial charge in [0.05, 0.1) is 0 Å². The van der Waals surface area contributed by atoms with E-state index >= 15 is 0 Å². The zero-order valence-corrected chi connectivity index (χ0v) is 6.99. The van der Waals surface area contributed by atoms with Gasteiger partial charge >= 0.3 is 56.1 Å². The molecule has 0 aromatic carbocycles. The number of rotatable bonds is 2. The second-order valence-corrected chi connectivity index (χ2v) is 4.83. The molecule has 2 N–H and O–H groups in total. The van der Waals surface area contributed by atoms with Crippen LogP contribution >= 0.6 is 0 Å². The Morgan fingerprint density at radius 1 is 1.67 bits per heavy atom. The van der Waals surface area contributed by atoms with E-state index in [0.717, 1.165) is 0 Å². The second kappa shape index (κ2) is 3.06. The van der Waals surface area contributed by atoms with Crippen LogP contribution in [0.2, 0.25) is 0 Å². The fourth-order valence-corrected chi connectivity index (χ4v) is 1.61. The molecule has 3 nitrogen and oxygen atoms in total. The first-order valence-corrected chi connectivity index (χ1v) is 5.75. The predicted octanol–water partition coefficient (Wildman–Crippen LogP) is 0.0119. The van der Waals surface area contributed by atoms with E-state index in [4.69, 9.17) is 8.19 Å². The van der Waals surface area contributed by atoms with Gasteiger partial charge < -0.3 is 0 Å². The molecule has 0 aromatic rings. The molecule has 0 aliphatic rings. The first-order valence-electron chi connectivity index (χ1n) is 2.37. The molecule has 0 aromatic heterocycles. The normalized spacial score (nSPS) is 13.4. The van der Waals surface area contributed by atoms with Crippen molar-refractivity contribution in [2.45, 2.75) is 6.92 Å². The van der Waals surface area contributed by atoms with E-state index in [1.807, 2.05) is 0 Å². The molecule has 0 bridgehead atoms.